The van der Waals surface area contributed by atoms with Crippen LogP contribution in [0.2, 0.25) is 0 Å². The maximum atomic E-state index is 12.9. The molecule has 1 heterocycles. The molecular weight excluding hydrogens is 288 g/mol. The van der Waals surface area contributed by atoms with Gasteiger partial charge in [-0.25, -0.2) is 0 Å². The van der Waals surface area contributed by atoms with Crippen LogP contribution in [0.4, 0.5) is 5.69 Å². The van der Waals surface area contributed by atoms with E-state index in [-0.39, 0.29) is 11.8 Å². The van der Waals surface area contributed by atoms with E-state index in [9.17, 15) is 9.59 Å². The Morgan fingerprint density at radius 2 is 1.83 bits per heavy atom. The average molecular weight is 306 g/mol. The number of nitrogens with zero attached hydrogens (tertiary/aromatic N) is 1. The van der Waals surface area contributed by atoms with Crippen LogP contribution in [0.25, 0.3) is 0 Å². The molecule has 0 radical (unpaired) electrons. The normalized spacial score (nSPS) is 15.8. The summed E-state index contributed by atoms with van der Waals surface area (Å²) in [7, 11) is 0. The van der Waals surface area contributed by atoms with Gasteiger partial charge in [0.15, 0.2) is 0 Å². The molecule has 116 valence electrons. The van der Waals surface area contributed by atoms with Crippen molar-refractivity contribution in [1.82, 2.24) is 5.32 Å². The summed E-state index contributed by atoms with van der Waals surface area (Å²) >= 11 is 0. The Morgan fingerprint density at radius 3 is 2.57 bits per heavy atom. The maximum absolute atomic E-state index is 12.9. The third-order valence-corrected chi connectivity index (χ3v) is 3.94. The van der Waals surface area contributed by atoms with E-state index < -0.39 is 6.04 Å². The van der Waals surface area contributed by atoms with Crippen molar-refractivity contribution in [2.24, 2.45) is 0 Å². The van der Waals surface area contributed by atoms with Crippen molar-refractivity contribution in [2.75, 3.05) is 11.4 Å². The molecule has 0 bridgehead atoms. The van der Waals surface area contributed by atoms with Gasteiger partial charge >= 0.3 is 0 Å². The molecule has 0 spiro atoms. The predicted octanol–water partition coefficient (Wildman–Crippen LogP) is 2.56. The molecule has 2 aromatic rings. The van der Waals surface area contributed by atoms with Crippen molar-refractivity contribution in [1.29, 1.82) is 0 Å². The van der Waals surface area contributed by atoms with Gasteiger partial charge in [0, 0.05) is 24.2 Å². The number of fused-ring (bicyclic) bond motifs is 1. The molecule has 0 saturated carbocycles. The molecule has 1 N–H and O–H groups in total. The molecule has 1 aliphatic heterocycles. The minimum atomic E-state index is -0.528. The minimum absolute atomic E-state index is 0.158. The molecule has 3 rings (SSSR count). The van der Waals surface area contributed by atoms with Crippen molar-refractivity contribution >= 4 is 17.5 Å². The topological polar surface area (TPSA) is 49.4 Å². The van der Waals surface area contributed by atoms with Crippen LogP contribution in [0.15, 0.2) is 67.3 Å². The molecule has 0 aliphatic carbocycles. The minimum Gasteiger partial charge on any atom is -0.351 e. The third kappa shape index (κ3) is 2.88. The van der Waals surface area contributed by atoms with Crippen LogP contribution < -0.4 is 10.2 Å². The number of rotatable bonds is 4. The first-order chi connectivity index (χ1) is 11.2. The zero-order chi connectivity index (χ0) is 16.2. The highest BCUT2D eigenvalue weighted by Gasteiger charge is 2.38. The monoisotopic (exact) mass is 306 g/mol. The molecule has 23 heavy (non-hydrogen) atoms. The van der Waals surface area contributed by atoms with Gasteiger partial charge in [-0.2, -0.15) is 0 Å². The lowest BCUT2D eigenvalue weighted by atomic mass is 10.1. The summed E-state index contributed by atoms with van der Waals surface area (Å²) in [5.74, 6) is -0.320. The Balaban J connectivity index is 1.96. The quantitative estimate of drug-likeness (QED) is 0.883. The second-order valence-corrected chi connectivity index (χ2v) is 5.42. The van der Waals surface area contributed by atoms with E-state index in [0.717, 1.165) is 11.3 Å². The van der Waals surface area contributed by atoms with Gasteiger partial charge in [-0.3, -0.25) is 14.5 Å². The molecule has 0 saturated heterocycles. The highest BCUT2D eigenvalue weighted by molar-refractivity contribution is 6.11. The summed E-state index contributed by atoms with van der Waals surface area (Å²) in [6.45, 7) is 3.99. The van der Waals surface area contributed by atoms with Crippen LogP contribution in [0, 0.1) is 0 Å². The molecule has 4 heteroatoms. The van der Waals surface area contributed by atoms with Crippen molar-refractivity contribution in [3.63, 3.8) is 0 Å². The number of carbonyl (C=O) groups excluding carboxylic acids is 2. The van der Waals surface area contributed by atoms with Crippen molar-refractivity contribution in [3.05, 3.63) is 78.4 Å². The first-order valence-electron chi connectivity index (χ1n) is 7.57. The third-order valence-electron chi connectivity index (χ3n) is 3.94. The molecule has 0 aromatic heterocycles. The first-order valence-corrected chi connectivity index (χ1v) is 7.57. The van der Waals surface area contributed by atoms with Gasteiger partial charge in [0.25, 0.3) is 5.91 Å². The average Bonchev–Trinajstić information content (AvgIpc) is 2.99. The summed E-state index contributed by atoms with van der Waals surface area (Å²) in [6.07, 6.45) is 2.15. The number of para-hydroxylation sites is 1. The Labute approximate surface area is 135 Å². The summed E-state index contributed by atoms with van der Waals surface area (Å²) in [5, 5.41) is 2.79. The smallest absolute Gasteiger partial charge is 0.259 e. The van der Waals surface area contributed by atoms with Crippen LogP contribution >= 0.6 is 0 Å². The highest BCUT2D eigenvalue weighted by atomic mass is 16.2. The largest absolute Gasteiger partial charge is 0.351 e. The molecule has 4 nitrogen and oxygen atoms in total. The number of hydrogen-bond donors (Lipinski definition) is 1. The number of carbonyl (C=O) groups is 2. The Bertz CT molecular complexity index is 740. The van der Waals surface area contributed by atoms with Crippen LogP contribution in [-0.2, 0) is 11.2 Å². The summed E-state index contributed by atoms with van der Waals surface area (Å²) in [5.41, 5.74) is 2.39. The number of hydrogen-bond acceptors (Lipinski definition) is 2. The van der Waals surface area contributed by atoms with Gasteiger partial charge in [0.2, 0.25) is 5.91 Å². The first kappa shape index (κ1) is 15.0. The van der Waals surface area contributed by atoms with Crippen molar-refractivity contribution in [3.8, 4) is 0 Å². The second-order valence-electron chi connectivity index (χ2n) is 5.42. The molecule has 0 fully saturated rings. The van der Waals surface area contributed by atoms with Gasteiger partial charge in [-0.05, 0) is 23.8 Å². The molecule has 1 unspecified atom stereocenters. The molecule has 1 atom stereocenters. The van der Waals surface area contributed by atoms with E-state index in [2.05, 4.69) is 11.9 Å². The lowest BCUT2D eigenvalue weighted by Crippen LogP contribution is -2.48. The molecule has 2 aromatic carbocycles. The van der Waals surface area contributed by atoms with Crippen LogP contribution in [0.3, 0.4) is 0 Å². The second kappa shape index (κ2) is 6.48. The fourth-order valence-electron chi connectivity index (χ4n) is 2.86. The van der Waals surface area contributed by atoms with Gasteiger partial charge in [-0.15, -0.1) is 6.58 Å². The standard InChI is InChI=1S/C19H18N2O2/c1-2-12-20-18(22)17-13-15-10-6-7-11-16(15)21(17)19(23)14-8-4-3-5-9-14/h2-11,17H,1,12-13H2,(H,20,22). The summed E-state index contributed by atoms with van der Waals surface area (Å²) in [4.78, 5) is 27.0. The van der Waals surface area contributed by atoms with Gasteiger partial charge < -0.3 is 5.32 Å². The Kier molecular flexibility index (Phi) is 4.24. The van der Waals surface area contributed by atoms with E-state index in [1.54, 1.807) is 23.1 Å². The van der Waals surface area contributed by atoms with E-state index in [0.29, 0.717) is 18.5 Å². The predicted molar refractivity (Wildman–Crippen MR) is 90.4 cm³/mol. The zero-order valence-corrected chi connectivity index (χ0v) is 12.7. The van der Waals surface area contributed by atoms with Crippen LogP contribution in [0.5, 0.6) is 0 Å². The fourth-order valence-corrected chi connectivity index (χ4v) is 2.86. The van der Waals surface area contributed by atoms with Gasteiger partial charge in [-0.1, -0.05) is 42.5 Å². The number of nitrogens with one attached hydrogen (secondary N) is 1. The van der Waals surface area contributed by atoms with Crippen LogP contribution in [0.1, 0.15) is 15.9 Å². The maximum Gasteiger partial charge on any atom is 0.259 e. The number of amides is 2. The Morgan fingerprint density at radius 1 is 1.13 bits per heavy atom. The van der Waals surface area contributed by atoms with Crippen molar-refractivity contribution in [2.45, 2.75) is 12.5 Å². The zero-order valence-electron chi connectivity index (χ0n) is 12.7. The van der Waals surface area contributed by atoms with E-state index in [1.807, 2.05) is 42.5 Å². The van der Waals surface area contributed by atoms with Crippen LogP contribution in [-0.4, -0.2) is 24.4 Å². The molecule has 2 amide bonds. The molecule has 1 aliphatic rings. The fraction of sp³-hybridized carbons (Fsp3) is 0.158. The lowest BCUT2D eigenvalue weighted by molar-refractivity contribution is -0.121. The number of anilines is 1. The number of benzene rings is 2. The van der Waals surface area contributed by atoms with E-state index in [4.69, 9.17) is 0 Å². The Hall–Kier alpha value is -2.88. The van der Waals surface area contributed by atoms with Gasteiger partial charge in [0.05, 0.1) is 0 Å². The molecular formula is C19H18N2O2. The van der Waals surface area contributed by atoms with Gasteiger partial charge in [0.1, 0.15) is 6.04 Å². The summed E-state index contributed by atoms with van der Waals surface area (Å²) in [6, 6.07) is 16.2. The SMILES string of the molecule is C=CCNC(=O)C1Cc2ccccc2N1C(=O)c1ccccc1. The summed E-state index contributed by atoms with van der Waals surface area (Å²) < 4.78 is 0. The van der Waals surface area contributed by atoms with Crippen molar-refractivity contribution < 1.29 is 9.59 Å². The van der Waals surface area contributed by atoms with E-state index >= 15 is 0 Å². The lowest BCUT2D eigenvalue weighted by Gasteiger charge is -2.24. The highest BCUT2D eigenvalue weighted by Crippen LogP contribution is 2.33. The van der Waals surface area contributed by atoms with E-state index in [1.165, 1.54) is 0 Å².